The van der Waals surface area contributed by atoms with Gasteiger partial charge < -0.3 is 23.8 Å². The molecule has 1 aliphatic carbocycles. The zero-order valence-electron chi connectivity index (χ0n) is 27.5. The number of allylic oxidation sites excluding steroid dienone is 1. The molecule has 2 fully saturated rings. The van der Waals surface area contributed by atoms with E-state index in [-0.39, 0.29) is 30.4 Å². The van der Waals surface area contributed by atoms with Gasteiger partial charge in [-0.1, -0.05) is 79.1 Å². The highest BCUT2D eigenvalue weighted by molar-refractivity contribution is 6.08. The molecule has 10 nitrogen and oxygen atoms in total. The predicted molar refractivity (Wildman–Crippen MR) is 182 cm³/mol. The van der Waals surface area contributed by atoms with E-state index < -0.39 is 6.04 Å². The van der Waals surface area contributed by atoms with Gasteiger partial charge in [0, 0.05) is 12.1 Å². The molecule has 2 heterocycles. The molecule has 0 N–H and O–H groups in total. The second-order valence-corrected chi connectivity index (χ2v) is 11.9. The summed E-state index contributed by atoms with van der Waals surface area (Å²) < 4.78 is 23.9. The Morgan fingerprint density at radius 1 is 0.854 bits per heavy atom. The SMILES string of the molecule is COc1ccc(C(=O)/C=C/c2ccc(OCc3cn(C4C(=O)N(C5CCCCC5)C4/C=C/c4ccccc4)nn3)c(OC)c2)c(OC)c1. The molecule has 0 spiro atoms. The first-order valence-electron chi connectivity index (χ1n) is 16.2. The number of ether oxygens (including phenoxy) is 4. The minimum atomic E-state index is -0.450. The number of β-lactam (4-membered cyclic amide) rings is 1. The summed E-state index contributed by atoms with van der Waals surface area (Å²) >= 11 is 0. The Morgan fingerprint density at radius 3 is 2.40 bits per heavy atom. The first-order chi connectivity index (χ1) is 23.5. The van der Waals surface area contributed by atoms with E-state index in [1.54, 1.807) is 61.5 Å². The molecule has 0 bridgehead atoms. The van der Waals surface area contributed by atoms with Crippen LogP contribution in [-0.4, -0.2) is 65.0 Å². The van der Waals surface area contributed by atoms with E-state index >= 15 is 0 Å². The van der Waals surface area contributed by atoms with E-state index in [0.29, 0.717) is 34.3 Å². The van der Waals surface area contributed by atoms with Gasteiger partial charge in [-0.2, -0.15) is 0 Å². The van der Waals surface area contributed by atoms with Crippen molar-refractivity contribution in [2.45, 2.75) is 56.8 Å². The number of benzene rings is 3. The lowest BCUT2D eigenvalue weighted by Crippen LogP contribution is -2.64. The third kappa shape index (κ3) is 7.12. The van der Waals surface area contributed by atoms with E-state index in [0.717, 1.165) is 36.8 Å². The van der Waals surface area contributed by atoms with Gasteiger partial charge in [0.25, 0.3) is 5.91 Å². The Balaban J connectivity index is 1.12. The quantitative estimate of drug-likeness (QED) is 0.0910. The minimum absolute atomic E-state index is 0.0798. The molecule has 1 amide bonds. The minimum Gasteiger partial charge on any atom is -0.497 e. The van der Waals surface area contributed by atoms with Gasteiger partial charge in [0.1, 0.15) is 23.8 Å². The van der Waals surface area contributed by atoms with Crippen LogP contribution in [0.15, 0.2) is 85.1 Å². The number of likely N-dealkylation sites (tertiary alicyclic amines) is 1. The molecule has 6 rings (SSSR count). The average Bonchev–Trinajstić information content (AvgIpc) is 3.59. The fourth-order valence-electron chi connectivity index (χ4n) is 6.38. The maximum Gasteiger partial charge on any atom is 0.250 e. The summed E-state index contributed by atoms with van der Waals surface area (Å²) in [5.41, 5.74) is 2.87. The number of ketones is 1. The van der Waals surface area contributed by atoms with Crippen LogP contribution in [0.2, 0.25) is 0 Å². The molecule has 2 atom stereocenters. The lowest BCUT2D eigenvalue weighted by molar-refractivity contribution is -0.157. The van der Waals surface area contributed by atoms with Crippen molar-refractivity contribution < 1.29 is 28.5 Å². The number of methoxy groups -OCH3 is 3. The number of nitrogens with zero attached hydrogens (tertiary/aromatic N) is 4. The molecule has 10 heteroatoms. The number of hydrogen-bond donors (Lipinski definition) is 0. The van der Waals surface area contributed by atoms with Crippen molar-refractivity contribution in [2.24, 2.45) is 0 Å². The van der Waals surface area contributed by atoms with Crippen molar-refractivity contribution in [1.29, 1.82) is 0 Å². The van der Waals surface area contributed by atoms with E-state index in [1.807, 2.05) is 29.2 Å². The lowest BCUT2D eigenvalue weighted by Gasteiger charge is -2.50. The van der Waals surface area contributed by atoms with Crippen LogP contribution in [0.5, 0.6) is 23.0 Å². The molecule has 48 heavy (non-hydrogen) atoms. The highest BCUT2D eigenvalue weighted by Crippen LogP contribution is 2.38. The number of carbonyl (C=O) groups excluding carboxylic acids is 2. The molecular weight excluding hydrogens is 608 g/mol. The summed E-state index contributed by atoms with van der Waals surface area (Å²) in [6, 6.07) is 20.3. The summed E-state index contributed by atoms with van der Waals surface area (Å²) in [5.74, 6) is 1.93. The van der Waals surface area contributed by atoms with Crippen molar-refractivity contribution in [1.82, 2.24) is 19.9 Å². The smallest absolute Gasteiger partial charge is 0.250 e. The summed E-state index contributed by atoms with van der Waals surface area (Å²) in [6.07, 6.45) is 14.8. The van der Waals surface area contributed by atoms with E-state index in [9.17, 15) is 9.59 Å². The van der Waals surface area contributed by atoms with Crippen LogP contribution in [0.4, 0.5) is 0 Å². The van der Waals surface area contributed by atoms with Crippen LogP contribution in [-0.2, 0) is 11.4 Å². The van der Waals surface area contributed by atoms with Gasteiger partial charge in [0.15, 0.2) is 23.3 Å². The zero-order chi connectivity index (χ0) is 33.5. The molecule has 2 unspecified atom stereocenters. The second-order valence-electron chi connectivity index (χ2n) is 11.9. The Kier molecular flexibility index (Phi) is 10.2. The van der Waals surface area contributed by atoms with Crippen LogP contribution in [0.25, 0.3) is 12.2 Å². The summed E-state index contributed by atoms with van der Waals surface area (Å²) in [6.45, 7) is 0.138. The van der Waals surface area contributed by atoms with Crippen LogP contribution < -0.4 is 18.9 Å². The topological polar surface area (TPSA) is 105 Å². The molecule has 4 aromatic rings. The highest BCUT2D eigenvalue weighted by atomic mass is 16.5. The molecule has 1 saturated heterocycles. The number of amides is 1. The third-order valence-electron chi connectivity index (χ3n) is 8.91. The van der Waals surface area contributed by atoms with Crippen molar-refractivity contribution in [3.63, 3.8) is 0 Å². The van der Waals surface area contributed by atoms with Gasteiger partial charge in [-0.05, 0) is 54.3 Å². The van der Waals surface area contributed by atoms with E-state index in [2.05, 4.69) is 34.6 Å². The summed E-state index contributed by atoms with van der Waals surface area (Å²) in [7, 11) is 4.63. The normalized spacial score (nSPS) is 18.2. The van der Waals surface area contributed by atoms with E-state index in [1.165, 1.54) is 19.6 Å². The fourth-order valence-corrected chi connectivity index (χ4v) is 6.38. The monoisotopic (exact) mass is 648 g/mol. The third-order valence-corrected chi connectivity index (χ3v) is 8.91. The Hall–Kier alpha value is -5.38. The van der Waals surface area contributed by atoms with Crippen molar-refractivity contribution in [3.05, 3.63) is 107 Å². The van der Waals surface area contributed by atoms with Gasteiger partial charge in [-0.15, -0.1) is 5.10 Å². The first kappa shape index (κ1) is 32.6. The summed E-state index contributed by atoms with van der Waals surface area (Å²) in [4.78, 5) is 28.5. The number of hydrogen-bond acceptors (Lipinski definition) is 8. The Labute approximate surface area is 280 Å². The molecule has 1 saturated carbocycles. The van der Waals surface area contributed by atoms with Crippen LogP contribution >= 0.6 is 0 Å². The molecule has 0 radical (unpaired) electrons. The van der Waals surface area contributed by atoms with Crippen molar-refractivity contribution in [3.8, 4) is 23.0 Å². The molecule has 3 aromatic carbocycles. The maximum atomic E-state index is 13.5. The van der Waals surface area contributed by atoms with Crippen molar-refractivity contribution >= 4 is 23.8 Å². The fraction of sp³-hybridized carbons (Fsp3) is 0.316. The van der Waals surface area contributed by atoms with Crippen LogP contribution in [0, 0.1) is 0 Å². The Morgan fingerprint density at radius 2 is 1.65 bits per heavy atom. The first-order valence-corrected chi connectivity index (χ1v) is 16.2. The van der Waals surface area contributed by atoms with Crippen LogP contribution in [0.3, 0.4) is 0 Å². The standard InChI is InChI=1S/C38H40N4O6/c1-45-30-17-18-31(35(23-30)46-2)33(43)20-15-27-16-21-34(36(22-27)47-3)48-25-28-24-41(40-39-28)37-32(19-14-26-10-6-4-7-11-26)42(38(37)44)29-12-8-5-9-13-29/h4,6-7,10-11,14-24,29,32,37H,5,8-9,12-13,25H2,1-3H3/b19-14+,20-15+. The van der Waals surface area contributed by atoms with Gasteiger partial charge in [0.2, 0.25) is 0 Å². The number of aromatic nitrogens is 3. The number of carbonyl (C=O) groups is 2. The zero-order valence-corrected chi connectivity index (χ0v) is 27.5. The van der Waals surface area contributed by atoms with Gasteiger partial charge in [-0.3, -0.25) is 9.59 Å². The largest absolute Gasteiger partial charge is 0.497 e. The highest BCUT2D eigenvalue weighted by Gasteiger charge is 2.50. The maximum absolute atomic E-state index is 13.5. The van der Waals surface area contributed by atoms with Crippen LogP contribution in [0.1, 0.15) is 65.3 Å². The number of rotatable bonds is 13. The lowest BCUT2D eigenvalue weighted by atomic mass is 9.85. The molecule has 1 aromatic heterocycles. The average molecular weight is 649 g/mol. The molecule has 248 valence electrons. The Bertz CT molecular complexity index is 1790. The molecule has 2 aliphatic rings. The molecular formula is C38H40N4O6. The molecule has 1 aliphatic heterocycles. The van der Waals surface area contributed by atoms with E-state index in [4.69, 9.17) is 18.9 Å². The summed E-state index contributed by atoms with van der Waals surface area (Å²) in [5, 5.41) is 8.67. The van der Waals surface area contributed by atoms with Crippen molar-refractivity contribution in [2.75, 3.05) is 21.3 Å². The van der Waals surface area contributed by atoms with Gasteiger partial charge in [-0.25, -0.2) is 4.68 Å². The van der Waals surface area contributed by atoms with Gasteiger partial charge in [0.05, 0.1) is 39.1 Å². The predicted octanol–water partition coefficient (Wildman–Crippen LogP) is 6.58. The second kappa shape index (κ2) is 15.0. The van der Waals surface area contributed by atoms with Gasteiger partial charge >= 0.3 is 0 Å².